The van der Waals surface area contributed by atoms with Crippen LogP contribution >= 0.6 is 0 Å². The zero-order valence-corrected chi connectivity index (χ0v) is 15.3. The van der Waals surface area contributed by atoms with Crippen molar-refractivity contribution in [1.29, 1.82) is 0 Å². The van der Waals surface area contributed by atoms with Gasteiger partial charge in [0, 0.05) is 13.1 Å². The van der Waals surface area contributed by atoms with Crippen molar-refractivity contribution < 1.29 is 28.9 Å². The first-order valence-corrected chi connectivity index (χ1v) is 8.78. The Morgan fingerprint density at radius 3 is 2.79 bits per heavy atom. The van der Waals surface area contributed by atoms with Crippen molar-refractivity contribution in [2.24, 2.45) is 0 Å². The molecule has 0 unspecified atom stereocenters. The predicted molar refractivity (Wildman–Crippen MR) is 100 cm³/mol. The molecule has 2 aromatic rings. The number of carbonyl (C=O) groups excluding carboxylic acids is 1. The van der Waals surface area contributed by atoms with Gasteiger partial charge in [0.1, 0.15) is 23.8 Å². The highest BCUT2D eigenvalue weighted by Gasteiger charge is 2.34. The van der Waals surface area contributed by atoms with Gasteiger partial charge in [-0.05, 0) is 42.8 Å². The molecule has 2 aromatic carbocycles. The van der Waals surface area contributed by atoms with Crippen LogP contribution in [0.5, 0.6) is 5.75 Å². The van der Waals surface area contributed by atoms with Crippen LogP contribution in [-0.4, -0.2) is 58.8 Å². The van der Waals surface area contributed by atoms with Crippen molar-refractivity contribution in [3.63, 3.8) is 0 Å². The van der Waals surface area contributed by atoms with E-state index in [-0.39, 0.29) is 30.9 Å². The number of rotatable bonds is 6. The summed E-state index contributed by atoms with van der Waals surface area (Å²) in [5.41, 5.74) is 1.02. The second-order valence-corrected chi connectivity index (χ2v) is 6.78. The topological polar surface area (TPSA) is 99.1 Å². The lowest BCUT2D eigenvalue weighted by Crippen LogP contribution is -2.33. The lowest BCUT2D eigenvalue weighted by Gasteiger charge is -2.17. The molecule has 0 aromatic heterocycles. The van der Waals surface area contributed by atoms with Crippen LogP contribution in [0.4, 0.5) is 10.1 Å². The molecule has 1 aliphatic heterocycles. The summed E-state index contributed by atoms with van der Waals surface area (Å²) in [5, 5.41) is 21.8. The molecule has 0 spiro atoms. The number of anilines is 1. The van der Waals surface area contributed by atoms with E-state index in [1.54, 1.807) is 36.1 Å². The molecule has 7 nitrogen and oxygen atoms in total. The second-order valence-electron chi connectivity index (χ2n) is 6.78. The van der Waals surface area contributed by atoms with Crippen LogP contribution in [0.2, 0.25) is 0 Å². The highest BCUT2D eigenvalue weighted by atomic mass is 19.1. The number of nitrogens with zero attached hydrogens (tertiary/aromatic N) is 1. The number of amides is 1. The number of benzene rings is 2. The Morgan fingerprint density at radius 2 is 2.04 bits per heavy atom. The van der Waals surface area contributed by atoms with E-state index < -0.39 is 29.9 Å². The quantitative estimate of drug-likeness (QED) is 0.699. The fraction of sp³-hybridized carbons (Fsp3) is 0.300. The minimum atomic E-state index is -1.07. The van der Waals surface area contributed by atoms with Gasteiger partial charge in [-0.25, -0.2) is 9.18 Å². The SMILES string of the molecule is Cc1ccc(F)c(NC(=O)CN2C[C@@H](O)[C@H](Oc3cccc(C(=O)O)c3)C2)c1. The average Bonchev–Trinajstić information content (AvgIpc) is 2.97. The minimum Gasteiger partial charge on any atom is -0.486 e. The van der Waals surface area contributed by atoms with Gasteiger partial charge in [0.25, 0.3) is 0 Å². The molecule has 8 heteroatoms. The van der Waals surface area contributed by atoms with Gasteiger partial charge in [0.05, 0.1) is 17.8 Å². The Bertz CT molecular complexity index is 889. The zero-order chi connectivity index (χ0) is 20.3. The van der Waals surface area contributed by atoms with Gasteiger partial charge in [-0.2, -0.15) is 0 Å². The Morgan fingerprint density at radius 1 is 1.25 bits per heavy atom. The maximum atomic E-state index is 13.8. The third-order valence-electron chi connectivity index (χ3n) is 4.44. The number of carbonyl (C=O) groups is 2. The van der Waals surface area contributed by atoms with Gasteiger partial charge in [-0.1, -0.05) is 12.1 Å². The summed E-state index contributed by atoms with van der Waals surface area (Å²) < 4.78 is 19.5. The molecule has 3 rings (SSSR count). The third kappa shape index (κ3) is 4.85. The number of nitrogens with one attached hydrogen (secondary N) is 1. The number of hydrogen-bond acceptors (Lipinski definition) is 5. The molecule has 28 heavy (non-hydrogen) atoms. The monoisotopic (exact) mass is 388 g/mol. The number of aromatic carboxylic acids is 1. The van der Waals surface area contributed by atoms with Crippen molar-refractivity contribution >= 4 is 17.6 Å². The summed E-state index contributed by atoms with van der Waals surface area (Å²) in [6.45, 7) is 2.27. The van der Waals surface area contributed by atoms with E-state index in [0.29, 0.717) is 5.75 Å². The Hall–Kier alpha value is -2.97. The van der Waals surface area contributed by atoms with Gasteiger partial charge in [0.15, 0.2) is 0 Å². The van der Waals surface area contributed by atoms with E-state index >= 15 is 0 Å². The standard InChI is InChI=1S/C20H21FN2O5/c1-12-5-6-15(21)16(7-12)22-19(25)11-23-9-17(24)18(10-23)28-14-4-2-3-13(8-14)20(26)27/h2-8,17-18,24H,9-11H2,1H3,(H,22,25)(H,26,27)/t17-,18-/m1/s1. The highest BCUT2D eigenvalue weighted by Crippen LogP contribution is 2.21. The van der Waals surface area contributed by atoms with E-state index in [1.165, 1.54) is 18.2 Å². The first kappa shape index (κ1) is 19.8. The van der Waals surface area contributed by atoms with E-state index in [2.05, 4.69) is 5.32 Å². The second kappa shape index (κ2) is 8.37. The molecule has 0 aliphatic carbocycles. The van der Waals surface area contributed by atoms with Crippen LogP contribution in [0.1, 0.15) is 15.9 Å². The number of aryl methyl sites for hydroxylation is 1. The molecule has 0 saturated carbocycles. The summed E-state index contributed by atoms with van der Waals surface area (Å²) in [6.07, 6.45) is -1.44. The van der Waals surface area contributed by atoms with E-state index in [4.69, 9.17) is 9.84 Å². The fourth-order valence-electron chi connectivity index (χ4n) is 3.08. The van der Waals surface area contributed by atoms with Gasteiger partial charge >= 0.3 is 5.97 Å². The van der Waals surface area contributed by atoms with Gasteiger partial charge < -0.3 is 20.3 Å². The molecule has 1 amide bonds. The van der Waals surface area contributed by atoms with Crippen LogP contribution in [0.15, 0.2) is 42.5 Å². The summed E-state index contributed by atoms with van der Waals surface area (Å²) in [5.74, 6) is -1.65. The van der Waals surface area contributed by atoms with Crippen molar-refractivity contribution in [2.45, 2.75) is 19.1 Å². The summed E-state index contributed by atoms with van der Waals surface area (Å²) >= 11 is 0. The van der Waals surface area contributed by atoms with Crippen molar-refractivity contribution in [3.05, 3.63) is 59.4 Å². The number of ether oxygens (including phenoxy) is 1. The number of hydrogen-bond donors (Lipinski definition) is 3. The maximum Gasteiger partial charge on any atom is 0.335 e. The maximum absolute atomic E-state index is 13.8. The van der Waals surface area contributed by atoms with Gasteiger partial charge in [0.2, 0.25) is 5.91 Å². The number of carboxylic acids is 1. The minimum absolute atomic E-state index is 0.0283. The molecular formula is C20H21FN2O5. The molecule has 3 N–H and O–H groups in total. The van der Waals surface area contributed by atoms with Crippen LogP contribution in [0.25, 0.3) is 0 Å². The molecule has 1 fully saturated rings. The van der Waals surface area contributed by atoms with Crippen LogP contribution in [0, 0.1) is 12.7 Å². The number of halogens is 1. The molecule has 1 saturated heterocycles. The first-order valence-electron chi connectivity index (χ1n) is 8.78. The number of carboxylic acid groups (broad SMARTS) is 1. The van der Waals surface area contributed by atoms with Crippen molar-refractivity contribution in [3.8, 4) is 5.75 Å². The largest absolute Gasteiger partial charge is 0.486 e. The van der Waals surface area contributed by atoms with E-state index in [1.807, 2.05) is 0 Å². The summed E-state index contributed by atoms with van der Waals surface area (Å²) in [4.78, 5) is 24.9. The molecule has 2 atom stereocenters. The zero-order valence-electron chi connectivity index (χ0n) is 15.3. The molecule has 1 aliphatic rings. The van der Waals surface area contributed by atoms with Gasteiger partial charge in [-0.15, -0.1) is 0 Å². The lowest BCUT2D eigenvalue weighted by molar-refractivity contribution is -0.117. The average molecular weight is 388 g/mol. The molecule has 0 bridgehead atoms. The molecule has 1 heterocycles. The fourth-order valence-corrected chi connectivity index (χ4v) is 3.08. The van der Waals surface area contributed by atoms with Crippen LogP contribution in [-0.2, 0) is 4.79 Å². The number of β-amino-alcohol motifs (C(OH)–C–C–N with tert-alkyl or cyclic N) is 1. The molecular weight excluding hydrogens is 367 g/mol. The number of aliphatic hydroxyl groups is 1. The van der Waals surface area contributed by atoms with Crippen LogP contribution in [0.3, 0.4) is 0 Å². The molecule has 148 valence electrons. The Labute approximate surface area is 161 Å². The molecule has 0 radical (unpaired) electrons. The smallest absolute Gasteiger partial charge is 0.335 e. The summed E-state index contributed by atoms with van der Waals surface area (Å²) in [7, 11) is 0. The van der Waals surface area contributed by atoms with E-state index in [9.17, 15) is 19.1 Å². The van der Waals surface area contributed by atoms with Crippen LogP contribution < -0.4 is 10.1 Å². The van der Waals surface area contributed by atoms with Crippen molar-refractivity contribution in [1.82, 2.24) is 4.90 Å². The Kier molecular flexibility index (Phi) is 5.91. The van der Waals surface area contributed by atoms with E-state index in [0.717, 1.165) is 5.56 Å². The van der Waals surface area contributed by atoms with Gasteiger partial charge in [-0.3, -0.25) is 9.69 Å². The predicted octanol–water partition coefficient (Wildman–Crippen LogP) is 1.89. The number of likely N-dealkylation sites (tertiary alicyclic amines) is 1. The highest BCUT2D eigenvalue weighted by molar-refractivity contribution is 5.92. The Balaban J connectivity index is 1.57. The number of aliphatic hydroxyl groups excluding tert-OH is 1. The first-order chi connectivity index (χ1) is 13.3. The summed E-state index contributed by atoms with van der Waals surface area (Å²) in [6, 6.07) is 10.4. The lowest BCUT2D eigenvalue weighted by atomic mass is 10.2. The van der Waals surface area contributed by atoms with Crippen molar-refractivity contribution in [2.75, 3.05) is 25.0 Å². The normalized spacial score (nSPS) is 19.4. The third-order valence-corrected chi connectivity index (χ3v) is 4.44.